The highest BCUT2D eigenvalue weighted by molar-refractivity contribution is 7.80. The smallest absolute Gasteiger partial charge is 0.203 e. The molecule has 1 saturated heterocycles. The maximum Gasteiger partial charge on any atom is 0.203 e. The highest BCUT2D eigenvalue weighted by Gasteiger charge is 2.14. The topological polar surface area (TPSA) is 76.6 Å². The lowest BCUT2D eigenvalue weighted by atomic mass is 10.2. The first-order valence-corrected chi connectivity index (χ1v) is 10.9. The fraction of sp³-hybridized carbons (Fsp3) is 0.391. The SMILES string of the molecule is COc1cc(/C=N/NC(=S)NCCN2CCOCC2)cc(OC)c1OCc1ccccc1. The Labute approximate surface area is 194 Å². The van der Waals surface area contributed by atoms with Gasteiger partial charge in [-0.05, 0) is 29.9 Å². The fourth-order valence-electron chi connectivity index (χ4n) is 3.20. The molecule has 2 aromatic carbocycles. The summed E-state index contributed by atoms with van der Waals surface area (Å²) in [5.74, 6) is 1.67. The number of nitrogens with zero attached hydrogens (tertiary/aromatic N) is 2. The molecule has 0 aromatic heterocycles. The Morgan fingerprint density at radius 2 is 1.81 bits per heavy atom. The van der Waals surface area contributed by atoms with Gasteiger partial charge in [0.05, 0.1) is 33.6 Å². The van der Waals surface area contributed by atoms with Gasteiger partial charge < -0.3 is 24.3 Å². The van der Waals surface area contributed by atoms with Crippen molar-refractivity contribution in [1.82, 2.24) is 15.6 Å². The van der Waals surface area contributed by atoms with E-state index in [9.17, 15) is 0 Å². The van der Waals surface area contributed by atoms with E-state index in [0.29, 0.717) is 29.0 Å². The molecule has 0 unspecified atom stereocenters. The van der Waals surface area contributed by atoms with Gasteiger partial charge in [-0.1, -0.05) is 30.3 Å². The summed E-state index contributed by atoms with van der Waals surface area (Å²) < 4.78 is 22.4. The van der Waals surface area contributed by atoms with E-state index in [4.69, 9.17) is 31.2 Å². The van der Waals surface area contributed by atoms with Crippen molar-refractivity contribution in [3.05, 3.63) is 53.6 Å². The molecule has 9 heteroatoms. The Hall–Kier alpha value is -2.88. The Kier molecular flexibility index (Phi) is 9.55. The molecule has 0 saturated carbocycles. The number of thiocarbonyl (C=S) groups is 1. The summed E-state index contributed by atoms with van der Waals surface area (Å²) in [5.41, 5.74) is 4.68. The van der Waals surface area contributed by atoms with Crippen LogP contribution in [0.4, 0.5) is 0 Å². The van der Waals surface area contributed by atoms with E-state index in [2.05, 4.69) is 20.7 Å². The van der Waals surface area contributed by atoms with Crippen LogP contribution in [0.2, 0.25) is 0 Å². The molecule has 0 aliphatic carbocycles. The standard InChI is InChI=1S/C23H30N4O4S/c1-28-20-14-19(15-21(29-2)22(20)31-17-18-6-4-3-5-7-18)16-25-26-23(32)24-8-9-27-10-12-30-13-11-27/h3-7,14-16H,8-13,17H2,1-2H3,(H2,24,26,32)/b25-16+. The zero-order valence-electron chi connectivity index (χ0n) is 18.5. The number of rotatable bonds is 10. The molecule has 2 aromatic rings. The minimum atomic E-state index is 0.410. The molecule has 1 heterocycles. The van der Waals surface area contributed by atoms with Crippen molar-refractivity contribution in [3.63, 3.8) is 0 Å². The third-order valence-electron chi connectivity index (χ3n) is 4.91. The van der Waals surface area contributed by atoms with E-state index in [1.807, 2.05) is 42.5 Å². The van der Waals surface area contributed by atoms with Crippen LogP contribution in [0.15, 0.2) is 47.6 Å². The van der Waals surface area contributed by atoms with Gasteiger partial charge in [0.25, 0.3) is 0 Å². The molecular weight excluding hydrogens is 428 g/mol. The first-order chi connectivity index (χ1) is 15.7. The predicted molar refractivity (Wildman–Crippen MR) is 129 cm³/mol. The van der Waals surface area contributed by atoms with Crippen LogP contribution in [0, 0.1) is 0 Å². The van der Waals surface area contributed by atoms with Gasteiger partial charge in [0.2, 0.25) is 5.75 Å². The van der Waals surface area contributed by atoms with Crippen LogP contribution >= 0.6 is 12.2 Å². The van der Waals surface area contributed by atoms with Crippen molar-refractivity contribution in [2.75, 3.05) is 53.6 Å². The van der Waals surface area contributed by atoms with Crippen molar-refractivity contribution >= 4 is 23.5 Å². The molecule has 0 amide bonds. The van der Waals surface area contributed by atoms with Crippen LogP contribution in [0.5, 0.6) is 17.2 Å². The van der Waals surface area contributed by atoms with E-state index in [1.54, 1.807) is 20.4 Å². The predicted octanol–water partition coefficient (Wildman–Crippen LogP) is 2.41. The quantitative estimate of drug-likeness (QED) is 0.319. The van der Waals surface area contributed by atoms with Gasteiger partial charge in [-0.15, -0.1) is 0 Å². The molecule has 1 aliphatic rings. The number of benzene rings is 2. The summed E-state index contributed by atoms with van der Waals surface area (Å²) in [4.78, 5) is 2.34. The van der Waals surface area contributed by atoms with Gasteiger partial charge in [-0.3, -0.25) is 10.3 Å². The first-order valence-electron chi connectivity index (χ1n) is 10.5. The zero-order valence-corrected chi connectivity index (χ0v) is 19.3. The van der Waals surface area contributed by atoms with Crippen molar-refractivity contribution in [2.24, 2.45) is 5.10 Å². The van der Waals surface area contributed by atoms with Crippen LogP contribution in [-0.2, 0) is 11.3 Å². The van der Waals surface area contributed by atoms with E-state index in [0.717, 1.165) is 50.5 Å². The summed E-state index contributed by atoms with van der Waals surface area (Å²) in [6, 6.07) is 13.6. The molecule has 1 fully saturated rings. The average molecular weight is 459 g/mol. The summed E-state index contributed by atoms with van der Waals surface area (Å²) >= 11 is 5.29. The molecule has 0 radical (unpaired) electrons. The maximum atomic E-state index is 5.98. The highest BCUT2D eigenvalue weighted by atomic mass is 32.1. The second-order valence-corrected chi connectivity index (χ2v) is 7.52. The van der Waals surface area contributed by atoms with Crippen LogP contribution in [0.3, 0.4) is 0 Å². The Morgan fingerprint density at radius 3 is 2.47 bits per heavy atom. The molecule has 3 rings (SSSR count). The van der Waals surface area contributed by atoms with E-state index in [1.165, 1.54) is 0 Å². The number of hydrogen-bond donors (Lipinski definition) is 2. The van der Waals surface area contributed by atoms with Gasteiger partial charge in [-0.2, -0.15) is 5.10 Å². The van der Waals surface area contributed by atoms with Crippen molar-refractivity contribution < 1.29 is 18.9 Å². The third-order valence-corrected chi connectivity index (χ3v) is 5.14. The molecule has 2 N–H and O–H groups in total. The summed E-state index contributed by atoms with van der Waals surface area (Å²) in [6.45, 7) is 5.55. The molecule has 8 nitrogen and oxygen atoms in total. The van der Waals surface area contributed by atoms with Crippen molar-refractivity contribution in [2.45, 2.75) is 6.61 Å². The number of ether oxygens (including phenoxy) is 4. The second-order valence-electron chi connectivity index (χ2n) is 7.11. The summed E-state index contributed by atoms with van der Waals surface area (Å²) in [6.07, 6.45) is 1.65. The number of nitrogens with one attached hydrogen (secondary N) is 2. The molecule has 32 heavy (non-hydrogen) atoms. The largest absolute Gasteiger partial charge is 0.493 e. The van der Waals surface area contributed by atoms with Crippen molar-refractivity contribution in [1.29, 1.82) is 0 Å². The lowest BCUT2D eigenvalue weighted by Crippen LogP contribution is -2.42. The number of methoxy groups -OCH3 is 2. The van der Waals surface area contributed by atoms with Crippen LogP contribution in [-0.4, -0.2) is 69.8 Å². The molecule has 0 bridgehead atoms. The molecule has 0 atom stereocenters. The lowest BCUT2D eigenvalue weighted by Gasteiger charge is -2.26. The molecule has 172 valence electrons. The zero-order chi connectivity index (χ0) is 22.6. The second kappa shape index (κ2) is 12.8. The van der Waals surface area contributed by atoms with Gasteiger partial charge >= 0.3 is 0 Å². The van der Waals surface area contributed by atoms with Crippen LogP contribution in [0.25, 0.3) is 0 Å². The number of hydrogen-bond acceptors (Lipinski definition) is 7. The Morgan fingerprint density at radius 1 is 1.12 bits per heavy atom. The minimum Gasteiger partial charge on any atom is -0.493 e. The Bertz CT molecular complexity index is 864. The Balaban J connectivity index is 1.53. The van der Waals surface area contributed by atoms with Crippen LogP contribution in [0.1, 0.15) is 11.1 Å². The average Bonchev–Trinajstić information content (AvgIpc) is 2.84. The molecule has 0 spiro atoms. The van der Waals surface area contributed by atoms with Gasteiger partial charge in [0.1, 0.15) is 6.61 Å². The third kappa shape index (κ3) is 7.37. The molecule has 1 aliphatic heterocycles. The fourth-order valence-corrected chi connectivity index (χ4v) is 3.36. The number of morpholine rings is 1. The lowest BCUT2D eigenvalue weighted by molar-refractivity contribution is 0.0389. The van der Waals surface area contributed by atoms with Crippen molar-refractivity contribution in [3.8, 4) is 17.2 Å². The van der Waals surface area contributed by atoms with E-state index < -0.39 is 0 Å². The van der Waals surface area contributed by atoms with Crippen LogP contribution < -0.4 is 25.0 Å². The minimum absolute atomic E-state index is 0.410. The summed E-state index contributed by atoms with van der Waals surface area (Å²) in [7, 11) is 3.19. The van der Waals surface area contributed by atoms with E-state index >= 15 is 0 Å². The normalized spacial score (nSPS) is 14.2. The first kappa shape index (κ1) is 23.8. The van der Waals surface area contributed by atoms with Gasteiger partial charge in [0.15, 0.2) is 16.6 Å². The monoisotopic (exact) mass is 458 g/mol. The highest BCUT2D eigenvalue weighted by Crippen LogP contribution is 2.38. The number of hydrazone groups is 1. The van der Waals surface area contributed by atoms with Gasteiger partial charge in [-0.25, -0.2) is 0 Å². The molecular formula is C23H30N4O4S. The summed E-state index contributed by atoms with van der Waals surface area (Å²) in [5, 5.41) is 7.84. The van der Waals surface area contributed by atoms with Gasteiger partial charge in [0, 0.05) is 31.7 Å². The van der Waals surface area contributed by atoms with E-state index in [-0.39, 0.29) is 0 Å². The maximum absolute atomic E-state index is 5.98.